The Balaban J connectivity index is 1.51. The minimum Gasteiger partial charge on any atom is -0.255 e. The Morgan fingerprint density at radius 1 is 0.361 bits per heavy atom. The molecule has 0 aliphatic rings. The number of nitrogens with zero attached hydrogens (tertiary/aromatic N) is 4. The molecule has 0 unspecified atom stereocenters. The molecule has 3 heterocycles. The molecule has 4 heteroatoms. The predicted molar refractivity (Wildman–Crippen MR) is 146 cm³/mol. The molecule has 0 bridgehead atoms. The molecule has 0 aliphatic heterocycles. The van der Waals surface area contributed by atoms with Gasteiger partial charge in [0.1, 0.15) is 5.69 Å². The van der Waals surface area contributed by atoms with E-state index in [4.69, 9.17) is 9.97 Å². The highest BCUT2D eigenvalue weighted by molar-refractivity contribution is 6.25. The SMILES string of the molecule is c1ccc(-c2cc(-c3ccc4c5ccccc5c5ccccc5c4c3)nc(-c3ccccn3)n2)nc1. The first-order valence-electron chi connectivity index (χ1n) is 11.9. The standard InChI is InChI=1S/C32H20N4/c1-2-11-24-22(9-1)23-10-3-4-12-25(23)27-19-21(15-16-26(24)27)30-20-31(28-13-5-7-17-33-28)36-32(35-30)29-14-6-8-18-34-29/h1-20H. The third-order valence-corrected chi connectivity index (χ3v) is 6.59. The van der Waals surface area contributed by atoms with E-state index in [-0.39, 0.29) is 0 Å². The van der Waals surface area contributed by atoms with Crippen LogP contribution in [0.1, 0.15) is 0 Å². The quantitative estimate of drug-likeness (QED) is 0.253. The van der Waals surface area contributed by atoms with E-state index in [9.17, 15) is 0 Å². The molecule has 4 aromatic carbocycles. The molecule has 0 aliphatic carbocycles. The van der Waals surface area contributed by atoms with Crippen molar-refractivity contribution in [2.24, 2.45) is 0 Å². The molecule has 0 atom stereocenters. The fourth-order valence-corrected chi connectivity index (χ4v) is 4.92. The number of fused-ring (bicyclic) bond motifs is 6. The highest BCUT2D eigenvalue weighted by atomic mass is 14.9. The molecule has 4 nitrogen and oxygen atoms in total. The van der Waals surface area contributed by atoms with Crippen LogP contribution in [0, 0.1) is 0 Å². The van der Waals surface area contributed by atoms with Gasteiger partial charge in [-0.1, -0.05) is 72.8 Å². The van der Waals surface area contributed by atoms with E-state index >= 15 is 0 Å². The third-order valence-electron chi connectivity index (χ3n) is 6.59. The van der Waals surface area contributed by atoms with E-state index in [0.717, 1.165) is 28.3 Å². The summed E-state index contributed by atoms with van der Waals surface area (Å²) in [5.74, 6) is 0.581. The second-order valence-electron chi connectivity index (χ2n) is 8.74. The van der Waals surface area contributed by atoms with Crippen LogP contribution < -0.4 is 0 Å². The molecular formula is C32H20N4. The minimum atomic E-state index is 0.581. The van der Waals surface area contributed by atoms with E-state index in [2.05, 4.69) is 76.7 Å². The van der Waals surface area contributed by atoms with Crippen molar-refractivity contribution in [3.05, 3.63) is 122 Å². The average molecular weight is 461 g/mol. The first-order chi connectivity index (χ1) is 17.8. The van der Waals surface area contributed by atoms with Gasteiger partial charge in [0.25, 0.3) is 0 Å². The summed E-state index contributed by atoms with van der Waals surface area (Å²) in [4.78, 5) is 18.8. The lowest BCUT2D eigenvalue weighted by molar-refractivity contribution is 1.13. The zero-order valence-electron chi connectivity index (χ0n) is 19.3. The van der Waals surface area contributed by atoms with Crippen LogP contribution in [0.4, 0.5) is 0 Å². The van der Waals surface area contributed by atoms with Gasteiger partial charge in [-0.25, -0.2) is 9.97 Å². The maximum atomic E-state index is 4.95. The van der Waals surface area contributed by atoms with Gasteiger partial charge in [0.15, 0.2) is 5.82 Å². The molecular weight excluding hydrogens is 440 g/mol. The van der Waals surface area contributed by atoms with Crippen LogP contribution in [0.3, 0.4) is 0 Å². The van der Waals surface area contributed by atoms with Crippen molar-refractivity contribution in [3.8, 4) is 34.2 Å². The van der Waals surface area contributed by atoms with E-state index < -0.39 is 0 Å². The maximum absolute atomic E-state index is 4.95. The number of hydrogen-bond donors (Lipinski definition) is 0. The monoisotopic (exact) mass is 460 g/mol. The van der Waals surface area contributed by atoms with Crippen molar-refractivity contribution in [2.45, 2.75) is 0 Å². The topological polar surface area (TPSA) is 51.6 Å². The smallest absolute Gasteiger partial charge is 0.179 e. The molecule has 0 saturated heterocycles. The highest BCUT2D eigenvalue weighted by Gasteiger charge is 2.14. The Hall–Kier alpha value is -4.96. The van der Waals surface area contributed by atoms with E-state index in [1.807, 2.05) is 42.5 Å². The van der Waals surface area contributed by atoms with Crippen LogP contribution in [0.15, 0.2) is 122 Å². The average Bonchev–Trinajstić information content (AvgIpc) is 2.98. The summed E-state index contributed by atoms with van der Waals surface area (Å²) in [5.41, 5.74) is 4.17. The van der Waals surface area contributed by atoms with Crippen molar-refractivity contribution in [2.75, 3.05) is 0 Å². The van der Waals surface area contributed by atoms with Gasteiger partial charge in [-0.15, -0.1) is 0 Å². The lowest BCUT2D eigenvalue weighted by Gasteiger charge is -2.12. The van der Waals surface area contributed by atoms with Crippen molar-refractivity contribution >= 4 is 32.3 Å². The summed E-state index contributed by atoms with van der Waals surface area (Å²) < 4.78 is 0. The van der Waals surface area contributed by atoms with Crippen LogP contribution in [0.25, 0.3) is 66.5 Å². The highest BCUT2D eigenvalue weighted by Crippen LogP contribution is 2.37. The van der Waals surface area contributed by atoms with Crippen molar-refractivity contribution < 1.29 is 0 Å². The first-order valence-corrected chi connectivity index (χ1v) is 11.9. The number of pyridine rings is 2. The fraction of sp³-hybridized carbons (Fsp3) is 0. The van der Waals surface area contributed by atoms with Crippen molar-refractivity contribution in [1.29, 1.82) is 0 Å². The number of rotatable bonds is 3. The second-order valence-corrected chi connectivity index (χ2v) is 8.74. The van der Waals surface area contributed by atoms with E-state index in [0.29, 0.717) is 5.82 Å². The van der Waals surface area contributed by atoms with Crippen molar-refractivity contribution in [3.63, 3.8) is 0 Å². The van der Waals surface area contributed by atoms with E-state index in [1.165, 1.54) is 32.3 Å². The second kappa shape index (κ2) is 8.36. The van der Waals surface area contributed by atoms with Crippen LogP contribution in [-0.4, -0.2) is 19.9 Å². The van der Waals surface area contributed by atoms with Gasteiger partial charge in [0.05, 0.1) is 17.1 Å². The summed E-state index contributed by atoms with van der Waals surface area (Å²) in [5, 5.41) is 7.45. The Morgan fingerprint density at radius 2 is 0.889 bits per heavy atom. The Kier molecular flexibility index (Phi) is 4.74. The molecule has 0 amide bonds. The van der Waals surface area contributed by atoms with Gasteiger partial charge in [0, 0.05) is 18.0 Å². The Labute approximate surface area is 208 Å². The summed E-state index contributed by atoms with van der Waals surface area (Å²) in [7, 11) is 0. The van der Waals surface area contributed by atoms with Gasteiger partial charge in [-0.2, -0.15) is 0 Å². The molecule has 0 fully saturated rings. The van der Waals surface area contributed by atoms with Gasteiger partial charge < -0.3 is 0 Å². The Bertz CT molecular complexity index is 1790. The van der Waals surface area contributed by atoms with Crippen LogP contribution in [-0.2, 0) is 0 Å². The third kappa shape index (κ3) is 3.39. The Morgan fingerprint density at radius 3 is 1.50 bits per heavy atom. The number of benzene rings is 4. The lowest BCUT2D eigenvalue weighted by Crippen LogP contribution is -1.98. The zero-order chi connectivity index (χ0) is 23.9. The normalized spacial score (nSPS) is 11.3. The van der Waals surface area contributed by atoms with E-state index in [1.54, 1.807) is 12.4 Å². The molecule has 0 N–H and O–H groups in total. The lowest BCUT2D eigenvalue weighted by atomic mass is 9.93. The summed E-state index contributed by atoms with van der Waals surface area (Å²) in [6.07, 6.45) is 3.55. The molecule has 168 valence electrons. The van der Waals surface area contributed by atoms with Gasteiger partial charge in [0.2, 0.25) is 0 Å². The number of hydrogen-bond acceptors (Lipinski definition) is 4. The molecule has 3 aromatic heterocycles. The fourth-order valence-electron chi connectivity index (χ4n) is 4.92. The van der Waals surface area contributed by atoms with Crippen LogP contribution >= 0.6 is 0 Å². The predicted octanol–water partition coefficient (Wildman–Crippen LogP) is 7.73. The van der Waals surface area contributed by atoms with Crippen LogP contribution in [0.5, 0.6) is 0 Å². The molecule has 0 saturated carbocycles. The van der Waals surface area contributed by atoms with Gasteiger partial charge in [-0.3, -0.25) is 9.97 Å². The maximum Gasteiger partial charge on any atom is 0.179 e. The van der Waals surface area contributed by atoms with Crippen LogP contribution in [0.2, 0.25) is 0 Å². The molecule has 0 radical (unpaired) electrons. The van der Waals surface area contributed by atoms with Crippen molar-refractivity contribution in [1.82, 2.24) is 19.9 Å². The molecule has 7 rings (SSSR count). The molecule has 36 heavy (non-hydrogen) atoms. The minimum absolute atomic E-state index is 0.581. The zero-order valence-corrected chi connectivity index (χ0v) is 19.3. The van der Waals surface area contributed by atoms with Gasteiger partial charge >= 0.3 is 0 Å². The van der Waals surface area contributed by atoms with Gasteiger partial charge in [-0.05, 0) is 68.7 Å². The summed E-state index contributed by atoms with van der Waals surface area (Å²) in [6.45, 7) is 0. The first kappa shape index (κ1) is 20.4. The largest absolute Gasteiger partial charge is 0.255 e. The molecule has 7 aromatic rings. The molecule has 0 spiro atoms. The number of aromatic nitrogens is 4. The summed E-state index contributed by atoms with van der Waals surface area (Å²) in [6, 6.07) is 37.5. The summed E-state index contributed by atoms with van der Waals surface area (Å²) >= 11 is 0.